The van der Waals surface area contributed by atoms with Crippen molar-refractivity contribution in [1.82, 2.24) is 5.32 Å². The van der Waals surface area contributed by atoms with E-state index in [0.717, 1.165) is 9.78 Å². The first-order valence-electron chi connectivity index (χ1n) is 9.46. The molecule has 2 aliphatic heterocycles. The second-order valence-electron chi connectivity index (χ2n) is 7.33. The fourth-order valence-electron chi connectivity index (χ4n) is 4.52. The van der Waals surface area contributed by atoms with E-state index in [2.05, 4.69) is 5.32 Å². The lowest BCUT2D eigenvalue weighted by Crippen LogP contribution is -2.56. The Morgan fingerprint density at radius 3 is 2.60 bits per heavy atom. The number of nitrogens with zero attached hydrogens (tertiary/aromatic N) is 1. The number of esters is 1. The number of halogens is 1. The predicted molar refractivity (Wildman–Crippen MR) is 114 cm³/mol. The molecule has 1 aromatic carbocycles. The van der Waals surface area contributed by atoms with E-state index < -0.39 is 47.0 Å². The Labute approximate surface area is 181 Å². The molecule has 9 heteroatoms. The summed E-state index contributed by atoms with van der Waals surface area (Å²) in [5.74, 6) is -2.90. The largest absolute Gasteiger partial charge is 0.468 e. The van der Waals surface area contributed by atoms with Crippen molar-refractivity contribution in [1.29, 1.82) is 0 Å². The van der Waals surface area contributed by atoms with Gasteiger partial charge in [0.1, 0.15) is 11.4 Å². The summed E-state index contributed by atoms with van der Waals surface area (Å²) in [6, 6.07) is 8.50. The molecule has 2 aliphatic rings. The van der Waals surface area contributed by atoms with Gasteiger partial charge in [0.2, 0.25) is 11.8 Å². The van der Waals surface area contributed by atoms with E-state index in [-0.39, 0.29) is 0 Å². The zero-order chi connectivity index (χ0) is 21.5. The summed E-state index contributed by atoms with van der Waals surface area (Å²) >= 11 is 3.02. The minimum atomic E-state index is -1.31. The van der Waals surface area contributed by atoms with Crippen LogP contribution in [0.4, 0.5) is 10.1 Å². The van der Waals surface area contributed by atoms with Crippen LogP contribution < -0.4 is 10.2 Å². The number of benzene rings is 1. The van der Waals surface area contributed by atoms with Crippen LogP contribution in [0.1, 0.15) is 17.3 Å². The molecular formula is C21H21FN2O4S2. The summed E-state index contributed by atoms with van der Waals surface area (Å²) in [5, 5.41) is 5.22. The van der Waals surface area contributed by atoms with Crippen molar-refractivity contribution in [3.8, 4) is 0 Å². The molecule has 4 rings (SSSR count). The van der Waals surface area contributed by atoms with Gasteiger partial charge in [0.15, 0.2) is 0 Å². The van der Waals surface area contributed by atoms with Crippen molar-refractivity contribution >= 4 is 46.6 Å². The monoisotopic (exact) mass is 448 g/mol. The van der Waals surface area contributed by atoms with E-state index in [1.54, 1.807) is 11.8 Å². The van der Waals surface area contributed by atoms with Gasteiger partial charge in [-0.25, -0.2) is 9.29 Å². The summed E-state index contributed by atoms with van der Waals surface area (Å²) in [7, 11) is 1.29. The van der Waals surface area contributed by atoms with E-state index in [0.29, 0.717) is 17.9 Å². The number of nitrogens with one attached hydrogen (secondary N) is 1. The van der Waals surface area contributed by atoms with E-state index in [4.69, 9.17) is 4.74 Å². The first-order chi connectivity index (χ1) is 14.4. The van der Waals surface area contributed by atoms with Crippen molar-refractivity contribution in [2.45, 2.75) is 18.0 Å². The van der Waals surface area contributed by atoms with E-state index >= 15 is 0 Å². The number of hydrogen-bond acceptors (Lipinski definition) is 7. The molecule has 0 saturated carbocycles. The lowest BCUT2D eigenvalue weighted by Gasteiger charge is -2.32. The Morgan fingerprint density at radius 2 is 2.00 bits per heavy atom. The average molecular weight is 449 g/mol. The summed E-state index contributed by atoms with van der Waals surface area (Å²) in [5.41, 5.74) is -1.01. The maximum absolute atomic E-state index is 13.6. The number of rotatable bonds is 6. The highest BCUT2D eigenvalue weighted by molar-refractivity contribution is 7.98. The Balaban J connectivity index is 1.83. The number of methoxy groups -OCH3 is 1. The van der Waals surface area contributed by atoms with Gasteiger partial charge in [-0.2, -0.15) is 11.8 Å². The first kappa shape index (κ1) is 21.0. The smallest absolute Gasteiger partial charge is 0.326 e. The maximum atomic E-state index is 13.6. The molecule has 158 valence electrons. The molecule has 1 aromatic heterocycles. The fraction of sp³-hybridized carbons (Fsp3) is 0.381. The number of carbonyl (C=O) groups is 3. The van der Waals surface area contributed by atoms with E-state index in [1.165, 1.54) is 42.7 Å². The van der Waals surface area contributed by atoms with Crippen LogP contribution in [0, 0.1) is 17.7 Å². The Kier molecular flexibility index (Phi) is 5.69. The highest BCUT2D eigenvalue weighted by Gasteiger charge is 2.68. The lowest BCUT2D eigenvalue weighted by molar-refractivity contribution is -0.152. The molecule has 2 fully saturated rings. The van der Waals surface area contributed by atoms with Crippen molar-refractivity contribution in [2.24, 2.45) is 11.8 Å². The number of carbonyl (C=O) groups excluding carboxylic acids is 3. The van der Waals surface area contributed by atoms with Crippen LogP contribution in [-0.2, 0) is 19.1 Å². The van der Waals surface area contributed by atoms with Crippen molar-refractivity contribution in [3.05, 3.63) is 52.5 Å². The molecule has 1 N–H and O–H groups in total. The number of ether oxygens (including phenoxy) is 1. The number of imide groups is 1. The molecule has 0 unspecified atom stereocenters. The number of thiophene rings is 1. The minimum absolute atomic E-state index is 0.300. The van der Waals surface area contributed by atoms with Gasteiger partial charge in [-0.05, 0) is 54.1 Å². The molecule has 6 nitrogen and oxygen atoms in total. The molecule has 0 aliphatic carbocycles. The van der Waals surface area contributed by atoms with Gasteiger partial charge in [-0.15, -0.1) is 11.3 Å². The maximum Gasteiger partial charge on any atom is 0.326 e. The highest BCUT2D eigenvalue weighted by atomic mass is 32.2. The van der Waals surface area contributed by atoms with Gasteiger partial charge in [-0.1, -0.05) is 6.07 Å². The molecule has 2 saturated heterocycles. The second kappa shape index (κ2) is 8.13. The lowest BCUT2D eigenvalue weighted by atomic mass is 9.78. The van der Waals surface area contributed by atoms with Crippen molar-refractivity contribution < 1.29 is 23.5 Å². The number of thioether (sulfide) groups is 1. The summed E-state index contributed by atoms with van der Waals surface area (Å²) in [6.45, 7) is 0. The predicted octanol–water partition coefficient (Wildman–Crippen LogP) is 3.00. The van der Waals surface area contributed by atoms with Gasteiger partial charge >= 0.3 is 5.97 Å². The Morgan fingerprint density at radius 1 is 1.27 bits per heavy atom. The van der Waals surface area contributed by atoms with Crippen molar-refractivity contribution in [3.63, 3.8) is 0 Å². The summed E-state index contributed by atoms with van der Waals surface area (Å²) in [6.07, 6.45) is 2.26. The first-order valence-corrected chi connectivity index (χ1v) is 11.7. The van der Waals surface area contributed by atoms with Crippen LogP contribution in [0.3, 0.4) is 0 Å². The zero-order valence-electron chi connectivity index (χ0n) is 16.5. The summed E-state index contributed by atoms with van der Waals surface area (Å²) < 4.78 is 18.5. The van der Waals surface area contributed by atoms with Crippen LogP contribution in [-0.4, -0.2) is 42.4 Å². The number of hydrogen-bond donors (Lipinski definition) is 1. The van der Waals surface area contributed by atoms with Gasteiger partial charge in [0, 0.05) is 4.88 Å². The molecule has 2 amide bonds. The topological polar surface area (TPSA) is 75.7 Å². The fourth-order valence-corrected chi connectivity index (χ4v) is 5.87. The van der Waals surface area contributed by atoms with Gasteiger partial charge in [-0.3, -0.25) is 19.7 Å². The zero-order valence-corrected chi connectivity index (χ0v) is 18.1. The molecule has 4 atom stereocenters. The highest BCUT2D eigenvalue weighted by Crippen LogP contribution is 2.52. The molecular weight excluding hydrogens is 427 g/mol. The third-order valence-electron chi connectivity index (χ3n) is 5.84. The Hall–Kier alpha value is -2.23. The van der Waals surface area contributed by atoms with Crippen LogP contribution in [0.2, 0.25) is 0 Å². The van der Waals surface area contributed by atoms with Crippen LogP contribution in [0.15, 0.2) is 41.8 Å². The van der Waals surface area contributed by atoms with E-state index in [1.807, 2.05) is 23.8 Å². The van der Waals surface area contributed by atoms with Crippen molar-refractivity contribution in [2.75, 3.05) is 24.0 Å². The third-order valence-corrected chi connectivity index (χ3v) is 7.41. The number of anilines is 1. The van der Waals surface area contributed by atoms with Gasteiger partial charge < -0.3 is 4.74 Å². The molecule has 2 aromatic rings. The molecule has 3 heterocycles. The van der Waals surface area contributed by atoms with Gasteiger partial charge in [0.05, 0.1) is 30.7 Å². The SMILES string of the molecule is COC(=O)[C@@]1(CCSC)N[C@@H](c2cccs2)[C@H]2C(=O)N(c3ccc(F)cc3)C(=O)[C@H]21. The standard InChI is InChI=1S/C21H21FN2O4S2/c1-28-20(27)21(9-11-29-2)16-15(17(23-21)14-4-3-10-30-14)18(25)24(19(16)26)13-7-5-12(22)6-8-13/h3-8,10,15-17,23H,9,11H2,1-2H3/t15-,16-,17-,21-/m0/s1. The number of fused-ring (bicyclic) bond motifs is 1. The minimum Gasteiger partial charge on any atom is -0.468 e. The van der Waals surface area contributed by atoms with Crippen LogP contribution in [0.5, 0.6) is 0 Å². The molecule has 0 bridgehead atoms. The normalized spacial score (nSPS) is 28.1. The Bertz CT molecular complexity index is 966. The second-order valence-corrected chi connectivity index (χ2v) is 9.30. The quantitative estimate of drug-likeness (QED) is 0.541. The number of amides is 2. The van der Waals surface area contributed by atoms with Crippen LogP contribution in [0.25, 0.3) is 0 Å². The van der Waals surface area contributed by atoms with Crippen LogP contribution >= 0.6 is 23.1 Å². The molecule has 0 radical (unpaired) electrons. The average Bonchev–Trinajstić information content (AvgIpc) is 3.44. The molecule has 30 heavy (non-hydrogen) atoms. The van der Waals surface area contributed by atoms with E-state index in [9.17, 15) is 18.8 Å². The van der Waals surface area contributed by atoms with Gasteiger partial charge in [0.25, 0.3) is 0 Å². The third kappa shape index (κ3) is 3.16. The summed E-state index contributed by atoms with van der Waals surface area (Å²) in [4.78, 5) is 42.0. The molecule has 0 spiro atoms.